The Morgan fingerprint density at radius 2 is 1.92 bits per heavy atom. The van der Waals surface area contributed by atoms with Crippen molar-refractivity contribution in [2.75, 3.05) is 13.7 Å². The van der Waals surface area contributed by atoms with Crippen LogP contribution < -0.4 is 10.5 Å². The molecule has 1 aromatic heterocycles. The number of ether oxygens (including phenoxy) is 1. The van der Waals surface area contributed by atoms with Gasteiger partial charge in [-0.2, -0.15) is 5.10 Å². The Bertz CT molecular complexity index is 830. The van der Waals surface area contributed by atoms with Crippen LogP contribution in [0, 0.1) is 0 Å². The van der Waals surface area contributed by atoms with Crippen molar-refractivity contribution in [1.29, 1.82) is 0 Å². The summed E-state index contributed by atoms with van der Waals surface area (Å²) in [5.74, 6) is 0.675. The highest BCUT2D eigenvalue weighted by atomic mass is 35.5. The Labute approximate surface area is 146 Å². The van der Waals surface area contributed by atoms with E-state index in [0.717, 1.165) is 22.5 Å². The molecule has 1 heterocycles. The highest BCUT2D eigenvalue weighted by Gasteiger charge is 2.19. The van der Waals surface area contributed by atoms with Crippen LogP contribution in [-0.4, -0.2) is 23.4 Å². The molecule has 4 nitrogen and oxygen atoms in total. The minimum Gasteiger partial charge on any atom is -0.495 e. The summed E-state index contributed by atoms with van der Waals surface area (Å²) in [6.07, 6.45) is 0. The molecule has 3 aromatic rings. The first-order valence-corrected chi connectivity index (χ1v) is 8.14. The van der Waals surface area contributed by atoms with E-state index in [4.69, 9.17) is 22.1 Å². The van der Waals surface area contributed by atoms with Crippen LogP contribution in [0.5, 0.6) is 5.75 Å². The molecule has 2 N–H and O–H groups in total. The SMILES string of the molecule is COc1ccc(C(CN)c2cc(-c3ccccc3)nn2C)cc1Cl. The maximum absolute atomic E-state index is 6.27. The third kappa shape index (κ3) is 3.16. The van der Waals surface area contributed by atoms with Gasteiger partial charge in [0, 0.05) is 30.8 Å². The standard InChI is InChI=1S/C19H20ClN3O/c1-23-18(11-17(22-23)13-6-4-3-5-7-13)15(12-21)14-8-9-19(24-2)16(20)10-14/h3-11,15H,12,21H2,1-2H3. The lowest BCUT2D eigenvalue weighted by Crippen LogP contribution is -2.17. The van der Waals surface area contributed by atoms with Crippen LogP contribution in [0.1, 0.15) is 17.2 Å². The summed E-state index contributed by atoms with van der Waals surface area (Å²) in [5.41, 5.74) is 10.2. The highest BCUT2D eigenvalue weighted by Crippen LogP contribution is 2.32. The zero-order valence-electron chi connectivity index (χ0n) is 13.7. The summed E-state index contributed by atoms with van der Waals surface area (Å²) in [7, 11) is 3.55. The van der Waals surface area contributed by atoms with Gasteiger partial charge in [0.2, 0.25) is 0 Å². The van der Waals surface area contributed by atoms with E-state index in [0.29, 0.717) is 17.3 Å². The minimum absolute atomic E-state index is 0.0170. The Morgan fingerprint density at radius 3 is 2.54 bits per heavy atom. The van der Waals surface area contributed by atoms with Crippen molar-refractivity contribution in [1.82, 2.24) is 9.78 Å². The summed E-state index contributed by atoms with van der Waals surface area (Å²) >= 11 is 6.27. The molecular formula is C19H20ClN3O. The van der Waals surface area contributed by atoms with E-state index in [9.17, 15) is 0 Å². The van der Waals surface area contributed by atoms with Crippen molar-refractivity contribution in [2.24, 2.45) is 12.8 Å². The maximum atomic E-state index is 6.27. The third-order valence-corrected chi connectivity index (χ3v) is 4.45. The molecule has 0 bridgehead atoms. The number of nitrogens with zero attached hydrogens (tertiary/aromatic N) is 2. The first kappa shape index (κ1) is 16.6. The zero-order chi connectivity index (χ0) is 17.1. The molecule has 5 heteroatoms. The maximum Gasteiger partial charge on any atom is 0.137 e. The lowest BCUT2D eigenvalue weighted by atomic mass is 9.95. The first-order valence-electron chi connectivity index (χ1n) is 7.77. The number of rotatable bonds is 5. The average molecular weight is 342 g/mol. The Balaban J connectivity index is 2.00. The smallest absolute Gasteiger partial charge is 0.137 e. The van der Waals surface area contributed by atoms with Crippen molar-refractivity contribution in [3.63, 3.8) is 0 Å². The fraction of sp³-hybridized carbons (Fsp3) is 0.211. The van der Waals surface area contributed by atoms with Gasteiger partial charge in [0.15, 0.2) is 0 Å². The van der Waals surface area contributed by atoms with E-state index >= 15 is 0 Å². The fourth-order valence-corrected chi connectivity index (χ4v) is 3.15. The molecule has 0 aliphatic rings. The lowest BCUT2D eigenvalue weighted by Gasteiger charge is -2.16. The van der Waals surface area contributed by atoms with Gasteiger partial charge in [-0.3, -0.25) is 4.68 Å². The van der Waals surface area contributed by atoms with Crippen molar-refractivity contribution >= 4 is 11.6 Å². The summed E-state index contributed by atoms with van der Waals surface area (Å²) in [6, 6.07) is 18.0. The molecule has 0 fully saturated rings. The van der Waals surface area contributed by atoms with Crippen LogP contribution in [0.25, 0.3) is 11.3 Å². The number of hydrogen-bond donors (Lipinski definition) is 1. The predicted molar refractivity (Wildman–Crippen MR) is 97.5 cm³/mol. The van der Waals surface area contributed by atoms with E-state index in [2.05, 4.69) is 11.2 Å². The number of aryl methyl sites for hydroxylation is 1. The zero-order valence-corrected chi connectivity index (χ0v) is 14.5. The van der Waals surface area contributed by atoms with Gasteiger partial charge in [0.1, 0.15) is 5.75 Å². The van der Waals surface area contributed by atoms with Crippen molar-refractivity contribution in [3.05, 3.63) is 70.9 Å². The number of nitrogens with two attached hydrogens (primary N) is 1. The predicted octanol–water partition coefficient (Wildman–Crippen LogP) is 3.84. The van der Waals surface area contributed by atoms with Gasteiger partial charge < -0.3 is 10.5 Å². The van der Waals surface area contributed by atoms with Crippen LogP contribution in [-0.2, 0) is 7.05 Å². The molecule has 1 atom stereocenters. The Hall–Kier alpha value is -2.30. The molecule has 1 unspecified atom stereocenters. The van der Waals surface area contributed by atoms with E-state index in [-0.39, 0.29) is 5.92 Å². The lowest BCUT2D eigenvalue weighted by molar-refractivity contribution is 0.415. The summed E-state index contributed by atoms with van der Waals surface area (Å²) in [5, 5.41) is 5.22. The Morgan fingerprint density at radius 1 is 1.17 bits per heavy atom. The second kappa shape index (κ2) is 7.07. The summed E-state index contributed by atoms with van der Waals surface area (Å²) < 4.78 is 7.11. The number of hydrogen-bond acceptors (Lipinski definition) is 3. The molecule has 2 aromatic carbocycles. The second-order valence-electron chi connectivity index (χ2n) is 5.63. The average Bonchev–Trinajstić information content (AvgIpc) is 2.98. The van der Waals surface area contributed by atoms with Crippen LogP contribution in [0.2, 0.25) is 5.02 Å². The van der Waals surface area contributed by atoms with Crippen molar-refractivity contribution in [3.8, 4) is 17.0 Å². The topological polar surface area (TPSA) is 53.1 Å². The van der Waals surface area contributed by atoms with Crippen LogP contribution >= 0.6 is 11.6 Å². The van der Waals surface area contributed by atoms with E-state index in [1.165, 1.54) is 0 Å². The second-order valence-corrected chi connectivity index (χ2v) is 6.03. The molecular weight excluding hydrogens is 322 g/mol. The molecule has 0 amide bonds. The molecule has 0 aliphatic carbocycles. The normalized spacial score (nSPS) is 12.2. The number of aromatic nitrogens is 2. The Kier molecular flexibility index (Phi) is 4.88. The van der Waals surface area contributed by atoms with Gasteiger partial charge in [0.05, 0.1) is 17.8 Å². The van der Waals surface area contributed by atoms with Gasteiger partial charge in [-0.05, 0) is 23.8 Å². The van der Waals surface area contributed by atoms with E-state index < -0.39 is 0 Å². The minimum atomic E-state index is 0.0170. The number of halogens is 1. The van der Waals surface area contributed by atoms with Gasteiger partial charge in [-0.1, -0.05) is 48.0 Å². The third-order valence-electron chi connectivity index (χ3n) is 4.16. The quantitative estimate of drug-likeness (QED) is 0.767. The molecule has 0 aliphatic heterocycles. The van der Waals surface area contributed by atoms with Crippen LogP contribution in [0.4, 0.5) is 0 Å². The van der Waals surface area contributed by atoms with Gasteiger partial charge in [-0.15, -0.1) is 0 Å². The highest BCUT2D eigenvalue weighted by molar-refractivity contribution is 6.32. The van der Waals surface area contributed by atoms with Crippen molar-refractivity contribution in [2.45, 2.75) is 5.92 Å². The fourth-order valence-electron chi connectivity index (χ4n) is 2.88. The van der Waals surface area contributed by atoms with Crippen LogP contribution in [0.3, 0.4) is 0 Å². The molecule has 3 rings (SSSR count). The summed E-state index contributed by atoms with van der Waals surface area (Å²) in [6.45, 7) is 0.469. The van der Waals surface area contributed by atoms with Crippen molar-refractivity contribution < 1.29 is 4.74 Å². The van der Waals surface area contributed by atoms with Gasteiger partial charge in [0.25, 0.3) is 0 Å². The molecule has 24 heavy (non-hydrogen) atoms. The number of benzene rings is 2. The molecule has 124 valence electrons. The molecule has 0 saturated carbocycles. The van der Waals surface area contributed by atoms with Gasteiger partial charge >= 0.3 is 0 Å². The van der Waals surface area contributed by atoms with Gasteiger partial charge in [-0.25, -0.2) is 0 Å². The first-order chi connectivity index (χ1) is 11.6. The molecule has 0 spiro atoms. The van der Waals surface area contributed by atoms with E-state index in [1.54, 1.807) is 7.11 Å². The van der Waals surface area contributed by atoms with E-state index in [1.807, 2.05) is 60.3 Å². The molecule has 0 saturated heterocycles. The largest absolute Gasteiger partial charge is 0.495 e. The summed E-state index contributed by atoms with van der Waals surface area (Å²) in [4.78, 5) is 0. The molecule has 0 radical (unpaired) electrons. The van der Waals surface area contributed by atoms with Crippen LogP contribution in [0.15, 0.2) is 54.6 Å². The monoisotopic (exact) mass is 341 g/mol. The number of methoxy groups -OCH3 is 1.